The fourth-order valence-electron chi connectivity index (χ4n) is 3.52. The molecule has 0 amide bonds. The van der Waals surface area contributed by atoms with E-state index in [1.54, 1.807) is 0 Å². The largest absolute Gasteiger partial charge is 0.385 e. The van der Waals surface area contributed by atoms with E-state index in [0.29, 0.717) is 11.5 Å². The maximum atomic E-state index is 5.27. The summed E-state index contributed by atoms with van der Waals surface area (Å²) in [5.41, 5.74) is 0.528. The first-order chi connectivity index (χ1) is 8.85. The molecule has 2 nitrogen and oxygen atoms in total. The second kappa shape index (κ2) is 7.64. The Morgan fingerprint density at radius 1 is 1.26 bits per heavy atom. The Bertz CT molecular complexity index is 248. The minimum atomic E-state index is 0.528. The molecule has 3 atom stereocenters. The van der Waals surface area contributed by atoms with Crippen LogP contribution in [0.15, 0.2) is 0 Å². The summed E-state index contributed by atoms with van der Waals surface area (Å²) in [6.45, 7) is 13.9. The summed E-state index contributed by atoms with van der Waals surface area (Å²) < 4.78 is 5.27. The van der Waals surface area contributed by atoms with Crippen molar-refractivity contribution in [1.29, 1.82) is 0 Å². The number of rotatable bonds is 7. The summed E-state index contributed by atoms with van der Waals surface area (Å²) in [4.78, 5) is 0. The molecule has 1 fully saturated rings. The maximum Gasteiger partial charge on any atom is 0.0464 e. The van der Waals surface area contributed by atoms with Crippen molar-refractivity contribution in [3.8, 4) is 0 Å². The molecule has 19 heavy (non-hydrogen) atoms. The van der Waals surface area contributed by atoms with Crippen LogP contribution >= 0.6 is 0 Å². The molecule has 0 spiro atoms. The first-order valence-electron chi connectivity index (χ1n) is 8.08. The number of nitrogens with one attached hydrogen (secondary N) is 1. The van der Waals surface area contributed by atoms with Crippen LogP contribution in [0.5, 0.6) is 0 Å². The lowest BCUT2D eigenvalue weighted by Gasteiger charge is -2.44. The molecule has 1 aliphatic rings. The summed E-state index contributed by atoms with van der Waals surface area (Å²) in [6.07, 6.45) is 5.34. The lowest BCUT2D eigenvalue weighted by molar-refractivity contribution is 0.0622. The van der Waals surface area contributed by atoms with E-state index < -0.39 is 0 Å². The van der Waals surface area contributed by atoms with Crippen LogP contribution in [0, 0.1) is 23.2 Å². The molecule has 0 aromatic heterocycles. The molecular weight excluding hydrogens is 234 g/mol. The van der Waals surface area contributed by atoms with Crippen molar-refractivity contribution in [3.05, 3.63) is 0 Å². The van der Waals surface area contributed by atoms with Gasteiger partial charge in [-0.2, -0.15) is 0 Å². The van der Waals surface area contributed by atoms with Crippen LogP contribution in [0.1, 0.15) is 60.3 Å². The zero-order valence-corrected chi connectivity index (χ0v) is 14.0. The molecule has 1 N–H and O–H groups in total. The van der Waals surface area contributed by atoms with E-state index in [4.69, 9.17) is 4.74 Å². The van der Waals surface area contributed by atoms with Crippen molar-refractivity contribution in [1.82, 2.24) is 5.32 Å². The van der Waals surface area contributed by atoms with Crippen molar-refractivity contribution in [2.45, 2.75) is 66.3 Å². The molecule has 1 saturated carbocycles. The Morgan fingerprint density at radius 3 is 2.53 bits per heavy atom. The average Bonchev–Trinajstić information content (AvgIpc) is 2.33. The predicted octanol–water partition coefficient (Wildman–Crippen LogP) is 4.10. The van der Waals surface area contributed by atoms with E-state index >= 15 is 0 Å². The van der Waals surface area contributed by atoms with Gasteiger partial charge in [-0.05, 0) is 55.4 Å². The number of hydrogen-bond donors (Lipinski definition) is 1. The van der Waals surface area contributed by atoms with Crippen LogP contribution in [0.4, 0.5) is 0 Å². The number of methoxy groups -OCH3 is 1. The van der Waals surface area contributed by atoms with Gasteiger partial charge < -0.3 is 10.1 Å². The SMILES string of the molecule is COCCC(C)C1CC(C)(C)CCC1CNC(C)C. The third-order valence-electron chi connectivity index (χ3n) is 4.88. The quantitative estimate of drug-likeness (QED) is 0.751. The van der Waals surface area contributed by atoms with Gasteiger partial charge in [0.05, 0.1) is 0 Å². The van der Waals surface area contributed by atoms with E-state index in [-0.39, 0.29) is 0 Å². The van der Waals surface area contributed by atoms with Crippen LogP contribution in [0.25, 0.3) is 0 Å². The van der Waals surface area contributed by atoms with Gasteiger partial charge in [0.1, 0.15) is 0 Å². The van der Waals surface area contributed by atoms with Gasteiger partial charge in [-0.15, -0.1) is 0 Å². The van der Waals surface area contributed by atoms with Gasteiger partial charge >= 0.3 is 0 Å². The molecule has 1 aliphatic carbocycles. The van der Waals surface area contributed by atoms with E-state index in [1.807, 2.05) is 7.11 Å². The Kier molecular flexibility index (Phi) is 6.82. The molecule has 1 rings (SSSR count). The minimum Gasteiger partial charge on any atom is -0.385 e. The average molecular weight is 269 g/mol. The molecule has 0 heterocycles. The Hall–Kier alpha value is -0.0800. The highest BCUT2D eigenvalue weighted by molar-refractivity contribution is 4.88. The van der Waals surface area contributed by atoms with E-state index in [0.717, 1.165) is 24.4 Å². The molecule has 0 aliphatic heterocycles. The topological polar surface area (TPSA) is 21.3 Å². The number of hydrogen-bond acceptors (Lipinski definition) is 2. The summed E-state index contributed by atoms with van der Waals surface area (Å²) in [5.74, 6) is 2.48. The van der Waals surface area contributed by atoms with Gasteiger partial charge in [0.25, 0.3) is 0 Å². The van der Waals surface area contributed by atoms with Crippen molar-refractivity contribution in [3.63, 3.8) is 0 Å². The molecule has 0 saturated heterocycles. The van der Waals surface area contributed by atoms with E-state index in [2.05, 4.69) is 39.9 Å². The first-order valence-corrected chi connectivity index (χ1v) is 8.08. The van der Waals surface area contributed by atoms with Gasteiger partial charge in [0.15, 0.2) is 0 Å². The normalized spacial score (nSPS) is 28.6. The smallest absolute Gasteiger partial charge is 0.0464 e. The van der Waals surface area contributed by atoms with E-state index in [9.17, 15) is 0 Å². The van der Waals surface area contributed by atoms with Crippen LogP contribution in [0.3, 0.4) is 0 Å². The van der Waals surface area contributed by atoms with Crippen LogP contribution < -0.4 is 5.32 Å². The third-order valence-corrected chi connectivity index (χ3v) is 4.88. The lowest BCUT2D eigenvalue weighted by atomic mass is 9.63. The lowest BCUT2D eigenvalue weighted by Crippen LogP contribution is -2.40. The molecule has 0 radical (unpaired) electrons. The minimum absolute atomic E-state index is 0.528. The summed E-state index contributed by atoms with van der Waals surface area (Å²) in [6, 6.07) is 0.602. The maximum absolute atomic E-state index is 5.27. The third kappa shape index (κ3) is 5.83. The number of ether oxygens (including phenoxy) is 1. The summed E-state index contributed by atoms with van der Waals surface area (Å²) in [7, 11) is 1.81. The fraction of sp³-hybridized carbons (Fsp3) is 1.00. The molecule has 0 bridgehead atoms. The highest BCUT2D eigenvalue weighted by atomic mass is 16.5. The van der Waals surface area contributed by atoms with Gasteiger partial charge in [-0.3, -0.25) is 0 Å². The van der Waals surface area contributed by atoms with Crippen LogP contribution in [0.2, 0.25) is 0 Å². The van der Waals surface area contributed by atoms with Crippen molar-refractivity contribution in [2.24, 2.45) is 23.2 Å². The second-order valence-corrected chi connectivity index (χ2v) is 7.65. The highest BCUT2D eigenvalue weighted by Crippen LogP contribution is 2.45. The van der Waals surface area contributed by atoms with Crippen LogP contribution in [-0.4, -0.2) is 26.3 Å². The fourth-order valence-corrected chi connectivity index (χ4v) is 3.52. The van der Waals surface area contributed by atoms with Gasteiger partial charge in [0, 0.05) is 19.8 Å². The zero-order chi connectivity index (χ0) is 14.5. The molecule has 114 valence electrons. The first kappa shape index (κ1) is 17.0. The van der Waals surface area contributed by atoms with E-state index in [1.165, 1.54) is 32.2 Å². The highest BCUT2D eigenvalue weighted by Gasteiger charge is 2.37. The van der Waals surface area contributed by atoms with Crippen molar-refractivity contribution >= 4 is 0 Å². The molecule has 3 unspecified atom stereocenters. The molecule has 0 aromatic carbocycles. The second-order valence-electron chi connectivity index (χ2n) is 7.65. The summed E-state index contributed by atoms with van der Waals surface area (Å²) in [5, 5.41) is 3.65. The Labute approximate surface area is 120 Å². The van der Waals surface area contributed by atoms with Crippen LogP contribution in [-0.2, 0) is 4.74 Å². The van der Waals surface area contributed by atoms with Gasteiger partial charge in [0.2, 0.25) is 0 Å². The predicted molar refractivity (Wildman–Crippen MR) is 83.4 cm³/mol. The Balaban J connectivity index is 2.60. The van der Waals surface area contributed by atoms with Gasteiger partial charge in [-0.1, -0.05) is 34.6 Å². The van der Waals surface area contributed by atoms with Gasteiger partial charge in [-0.25, -0.2) is 0 Å². The Morgan fingerprint density at radius 2 is 1.95 bits per heavy atom. The van der Waals surface area contributed by atoms with Crippen molar-refractivity contribution < 1.29 is 4.74 Å². The standard InChI is InChI=1S/C17H35NO/c1-13(2)18-12-15-7-9-17(4,5)11-16(15)14(3)8-10-19-6/h13-16,18H,7-12H2,1-6H3. The molecule has 2 heteroatoms. The van der Waals surface area contributed by atoms with Crippen molar-refractivity contribution in [2.75, 3.05) is 20.3 Å². The monoisotopic (exact) mass is 269 g/mol. The zero-order valence-electron chi connectivity index (χ0n) is 14.0. The molecule has 0 aromatic rings. The molecular formula is C17H35NO. The summed E-state index contributed by atoms with van der Waals surface area (Å²) >= 11 is 0.